The molecule has 7 heteroatoms. The van der Waals surface area contributed by atoms with Gasteiger partial charge < -0.3 is 14.4 Å². The first-order valence-electron chi connectivity index (χ1n) is 8.62. The lowest BCUT2D eigenvalue weighted by Gasteiger charge is -2.38. The number of amides is 1. The molecule has 7 nitrogen and oxygen atoms in total. The van der Waals surface area contributed by atoms with Crippen molar-refractivity contribution in [1.82, 2.24) is 19.9 Å². The second-order valence-electron chi connectivity index (χ2n) is 7.03. The van der Waals surface area contributed by atoms with Crippen LogP contribution in [0.5, 0.6) is 11.5 Å². The van der Waals surface area contributed by atoms with Crippen molar-refractivity contribution in [2.75, 3.05) is 6.79 Å². The van der Waals surface area contributed by atoms with E-state index in [0.717, 1.165) is 42.7 Å². The van der Waals surface area contributed by atoms with Crippen molar-refractivity contribution in [3.05, 3.63) is 35.7 Å². The van der Waals surface area contributed by atoms with E-state index in [-0.39, 0.29) is 18.2 Å². The lowest BCUT2D eigenvalue weighted by atomic mass is 9.96. The highest BCUT2D eigenvalue weighted by Gasteiger charge is 2.39. The van der Waals surface area contributed by atoms with E-state index in [2.05, 4.69) is 17.2 Å². The van der Waals surface area contributed by atoms with Gasteiger partial charge in [-0.1, -0.05) is 24.1 Å². The molecule has 1 aliphatic heterocycles. The molecule has 0 unspecified atom stereocenters. The number of carbonyl (C=O) groups is 1. The molecule has 1 saturated carbocycles. The van der Waals surface area contributed by atoms with Crippen LogP contribution in [-0.2, 0) is 13.6 Å². The van der Waals surface area contributed by atoms with Crippen LogP contribution in [0.2, 0.25) is 0 Å². The molecule has 1 aromatic carbocycles. The van der Waals surface area contributed by atoms with Gasteiger partial charge in [-0.25, -0.2) is 4.68 Å². The fourth-order valence-electron chi connectivity index (χ4n) is 3.76. The van der Waals surface area contributed by atoms with E-state index >= 15 is 0 Å². The first kappa shape index (κ1) is 15.9. The number of aromatic nitrogens is 3. The average Bonchev–Trinajstić information content (AvgIpc) is 3.32. The molecule has 4 rings (SSSR count). The third-order valence-electron chi connectivity index (χ3n) is 5.29. The van der Waals surface area contributed by atoms with E-state index in [1.165, 1.54) is 10.9 Å². The van der Waals surface area contributed by atoms with E-state index in [4.69, 9.17) is 9.47 Å². The first-order valence-corrected chi connectivity index (χ1v) is 8.62. The maximum atomic E-state index is 13.2. The summed E-state index contributed by atoms with van der Waals surface area (Å²) in [7, 11) is 1.75. The van der Waals surface area contributed by atoms with Gasteiger partial charge in [0.2, 0.25) is 6.79 Å². The standard InChI is InChI=1S/C18H22N4O3/c1-18(7-3-4-8-18)22(17(23)14-10-19-20-21(14)2)11-13-5-6-15-16(9-13)25-12-24-15/h5-6,9-10H,3-4,7-8,11-12H2,1-2H3. The summed E-state index contributed by atoms with van der Waals surface area (Å²) in [5.41, 5.74) is 1.38. The van der Waals surface area contributed by atoms with Crippen molar-refractivity contribution in [3.8, 4) is 11.5 Å². The third-order valence-corrected chi connectivity index (χ3v) is 5.29. The van der Waals surface area contributed by atoms with E-state index in [1.807, 2.05) is 23.1 Å². The van der Waals surface area contributed by atoms with Crippen molar-refractivity contribution in [1.29, 1.82) is 0 Å². The van der Waals surface area contributed by atoms with Crippen LogP contribution in [0.4, 0.5) is 0 Å². The Morgan fingerprint density at radius 1 is 1.28 bits per heavy atom. The van der Waals surface area contributed by atoms with Crippen LogP contribution >= 0.6 is 0 Å². The maximum Gasteiger partial charge on any atom is 0.274 e. The highest BCUT2D eigenvalue weighted by atomic mass is 16.7. The summed E-state index contributed by atoms with van der Waals surface area (Å²) in [4.78, 5) is 15.2. The summed E-state index contributed by atoms with van der Waals surface area (Å²) in [5.74, 6) is 1.46. The predicted octanol–water partition coefficient (Wildman–Crippen LogP) is 2.52. The second-order valence-corrected chi connectivity index (χ2v) is 7.03. The topological polar surface area (TPSA) is 69.5 Å². The molecule has 1 aromatic heterocycles. The van der Waals surface area contributed by atoms with Crippen LogP contribution in [0.3, 0.4) is 0 Å². The van der Waals surface area contributed by atoms with Crippen LogP contribution < -0.4 is 9.47 Å². The van der Waals surface area contributed by atoms with Gasteiger partial charge in [0.15, 0.2) is 11.5 Å². The van der Waals surface area contributed by atoms with Crippen LogP contribution in [0, 0.1) is 0 Å². The van der Waals surface area contributed by atoms with Crippen LogP contribution in [0.15, 0.2) is 24.4 Å². The number of ether oxygens (including phenoxy) is 2. The molecular formula is C18H22N4O3. The predicted molar refractivity (Wildman–Crippen MR) is 90.3 cm³/mol. The van der Waals surface area contributed by atoms with Gasteiger partial charge in [0.25, 0.3) is 5.91 Å². The average molecular weight is 342 g/mol. The molecule has 1 aliphatic carbocycles. The molecule has 1 amide bonds. The Labute approximate surface area is 146 Å². The maximum absolute atomic E-state index is 13.2. The van der Waals surface area contributed by atoms with Crippen molar-refractivity contribution < 1.29 is 14.3 Å². The van der Waals surface area contributed by atoms with Crippen LogP contribution in [-0.4, -0.2) is 38.1 Å². The minimum Gasteiger partial charge on any atom is -0.454 e. The molecule has 0 spiro atoms. The van der Waals surface area contributed by atoms with Gasteiger partial charge >= 0.3 is 0 Å². The van der Waals surface area contributed by atoms with Gasteiger partial charge in [-0.3, -0.25) is 4.79 Å². The molecular weight excluding hydrogens is 320 g/mol. The molecule has 2 aliphatic rings. The molecule has 0 atom stereocenters. The van der Waals surface area contributed by atoms with E-state index in [1.54, 1.807) is 7.05 Å². The fourth-order valence-corrected chi connectivity index (χ4v) is 3.76. The molecule has 132 valence electrons. The number of benzene rings is 1. The largest absolute Gasteiger partial charge is 0.454 e. The second kappa shape index (κ2) is 6.06. The van der Waals surface area contributed by atoms with Gasteiger partial charge in [0, 0.05) is 19.1 Å². The molecule has 2 heterocycles. The molecule has 0 radical (unpaired) electrons. The van der Waals surface area contributed by atoms with Crippen molar-refractivity contribution >= 4 is 5.91 Å². The molecule has 25 heavy (non-hydrogen) atoms. The number of fused-ring (bicyclic) bond motifs is 1. The highest BCUT2D eigenvalue weighted by molar-refractivity contribution is 5.92. The molecule has 1 fully saturated rings. The molecule has 2 aromatic rings. The molecule has 0 saturated heterocycles. The number of hydrogen-bond acceptors (Lipinski definition) is 5. The van der Waals surface area contributed by atoms with Gasteiger partial charge in [-0.15, -0.1) is 5.10 Å². The summed E-state index contributed by atoms with van der Waals surface area (Å²) >= 11 is 0. The van der Waals surface area contributed by atoms with Crippen molar-refractivity contribution in [2.24, 2.45) is 7.05 Å². The van der Waals surface area contributed by atoms with Gasteiger partial charge in [0.05, 0.1) is 6.20 Å². The Morgan fingerprint density at radius 3 is 2.76 bits per heavy atom. The van der Waals surface area contributed by atoms with Crippen LogP contribution in [0.1, 0.15) is 48.7 Å². The highest BCUT2D eigenvalue weighted by Crippen LogP contribution is 2.38. The van der Waals surface area contributed by atoms with E-state index in [9.17, 15) is 4.79 Å². The third kappa shape index (κ3) is 2.83. The van der Waals surface area contributed by atoms with E-state index in [0.29, 0.717) is 12.2 Å². The Morgan fingerprint density at radius 2 is 2.04 bits per heavy atom. The van der Waals surface area contributed by atoms with Gasteiger partial charge in [0.1, 0.15) is 5.69 Å². The van der Waals surface area contributed by atoms with Crippen molar-refractivity contribution in [3.63, 3.8) is 0 Å². The Kier molecular flexibility index (Phi) is 3.86. The summed E-state index contributed by atoms with van der Waals surface area (Å²) in [6.07, 6.45) is 5.84. The molecule has 0 N–H and O–H groups in total. The van der Waals surface area contributed by atoms with Gasteiger partial charge in [-0.05, 0) is 37.5 Å². The Bertz CT molecular complexity index is 795. The zero-order valence-electron chi connectivity index (χ0n) is 14.6. The number of rotatable bonds is 4. The number of carbonyl (C=O) groups excluding carboxylic acids is 1. The SMILES string of the molecule is Cn1nncc1C(=O)N(Cc1ccc2c(c1)OCO2)C1(C)CCCC1. The quantitative estimate of drug-likeness (QED) is 0.854. The summed E-state index contributed by atoms with van der Waals surface area (Å²) in [5, 5.41) is 7.76. The van der Waals surface area contributed by atoms with E-state index < -0.39 is 0 Å². The monoisotopic (exact) mass is 342 g/mol. The summed E-state index contributed by atoms with van der Waals surface area (Å²) in [6, 6.07) is 5.86. The zero-order chi connectivity index (χ0) is 17.4. The Balaban J connectivity index is 1.66. The summed E-state index contributed by atoms with van der Waals surface area (Å²) in [6.45, 7) is 2.95. The normalized spacial score (nSPS) is 17.7. The minimum absolute atomic E-state index is 0.0328. The van der Waals surface area contributed by atoms with Crippen LogP contribution in [0.25, 0.3) is 0 Å². The minimum atomic E-state index is -0.155. The lowest BCUT2D eigenvalue weighted by molar-refractivity contribution is 0.0483. The van der Waals surface area contributed by atoms with Gasteiger partial charge in [-0.2, -0.15) is 0 Å². The molecule has 0 bridgehead atoms. The fraction of sp³-hybridized carbons (Fsp3) is 0.500. The number of hydrogen-bond donors (Lipinski definition) is 0. The zero-order valence-corrected chi connectivity index (χ0v) is 14.6. The smallest absolute Gasteiger partial charge is 0.274 e. The number of aryl methyl sites for hydroxylation is 1. The number of nitrogens with zero attached hydrogens (tertiary/aromatic N) is 4. The Hall–Kier alpha value is -2.57. The first-order chi connectivity index (χ1) is 12.1. The lowest BCUT2D eigenvalue weighted by Crippen LogP contribution is -2.48. The summed E-state index contributed by atoms with van der Waals surface area (Å²) < 4.78 is 12.4. The van der Waals surface area contributed by atoms with Crippen molar-refractivity contribution in [2.45, 2.75) is 44.7 Å².